The minimum absolute atomic E-state index is 0.0454. The average molecular weight is 342 g/mol. The number of phenolic OH excluding ortho intramolecular Hbond substituents is 1. The van der Waals surface area contributed by atoms with Gasteiger partial charge in [0.1, 0.15) is 5.75 Å². The number of hydrogen-bond acceptors (Lipinski definition) is 2. The molecule has 0 aliphatic rings. The topological polar surface area (TPSA) is 49.3 Å². The van der Waals surface area contributed by atoms with Gasteiger partial charge in [-0.2, -0.15) is 0 Å². The number of phenols is 1. The maximum absolute atomic E-state index is 12.3. The fourth-order valence-electron chi connectivity index (χ4n) is 2.21. The van der Waals surface area contributed by atoms with Crippen LogP contribution in [0.2, 0.25) is 0 Å². The van der Waals surface area contributed by atoms with Crippen LogP contribution in [0.3, 0.4) is 0 Å². The first-order valence-electron chi connectivity index (χ1n) is 6.43. The maximum atomic E-state index is 12.3. The van der Waals surface area contributed by atoms with Gasteiger partial charge in [-0.05, 0) is 29.7 Å². The number of rotatable bonds is 2. The van der Waals surface area contributed by atoms with Gasteiger partial charge in [0.05, 0.1) is 5.56 Å². The van der Waals surface area contributed by atoms with Crippen LogP contribution in [0, 0.1) is 0 Å². The summed E-state index contributed by atoms with van der Waals surface area (Å²) in [4.78, 5) is 12.3. The Balaban J connectivity index is 1.99. The summed E-state index contributed by atoms with van der Waals surface area (Å²) in [5, 5.41) is 14.7. The van der Waals surface area contributed by atoms with E-state index in [4.69, 9.17) is 0 Å². The second-order valence-electron chi connectivity index (χ2n) is 4.64. The van der Waals surface area contributed by atoms with E-state index >= 15 is 0 Å². The molecule has 3 aromatic rings. The Kier molecular flexibility index (Phi) is 3.62. The standard InChI is InChI=1S/C17H12BrNO2/c18-12-8-9-16(20)14(10-12)17(21)19-15-7-3-5-11-4-1-2-6-13(11)15/h1-10,20H,(H,19,21). The summed E-state index contributed by atoms with van der Waals surface area (Å²) in [5.74, 6) is -0.388. The van der Waals surface area contributed by atoms with Crippen molar-refractivity contribution in [2.45, 2.75) is 0 Å². The first-order chi connectivity index (χ1) is 10.1. The molecule has 1 amide bonds. The molecule has 4 heteroatoms. The lowest BCUT2D eigenvalue weighted by atomic mass is 10.1. The van der Waals surface area contributed by atoms with Gasteiger partial charge < -0.3 is 10.4 Å². The lowest BCUT2D eigenvalue weighted by molar-refractivity contribution is 0.102. The molecule has 0 aliphatic carbocycles. The molecule has 3 rings (SSSR count). The summed E-state index contributed by atoms with van der Waals surface area (Å²) in [6, 6.07) is 18.3. The second kappa shape index (κ2) is 5.58. The highest BCUT2D eigenvalue weighted by Crippen LogP contribution is 2.26. The average Bonchev–Trinajstić information content (AvgIpc) is 2.50. The SMILES string of the molecule is O=C(Nc1cccc2ccccc12)c1cc(Br)ccc1O. The third-order valence-electron chi connectivity index (χ3n) is 3.24. The van der Waals surface area contributed by atoms with Crippen LogP contribution in [0.25, 0.3) is 10.8 Å². The van der Waals surface area contributed by atoms with Crippen molar-refractivity contribution in [3.63, 3.8) is 0 Å². The van der Waals surface area contributed by atoms with Crippen LogP contribution >= 0.6 is 15.9 Å². The molecule has 2 N–H and O–H groups in total. The number of amides is 1. The van der Waals surface area contributed by atoms with Crippen LogP contribution in [0.15, 0.2) is 65.1 Å². The fraction of sp³-hybridized carbons (Fsp3) is 0. The predicted octanol–water partition coefficient (Wildman–Crippen LogP) is 4.56. The molecule has 0 aromatic heterocycles. The van der Waals surface area contributed by atoms with Crippen molar-refractivity contribution in [1.82, 2.24) is 0 Å². The molecular weight excluding hydrogens is 330 g/mol. The number of benzene rings is 3. The smallest absolute Gasteiger partial charge is 0.259 e. The quantitative estimate of drug-likeness (QED) is 0.717. The van der Waals surface area contributed by atoms with Crippen LogP contribution in [0.4, 0.5) is 5.69 Å². The molecule has 0 saturated carbocycles. The predicted molar refractivity (Wildman–Crippen MR) is 87.7 cm³/mol. The monoisotopic (exact) mass is 341 g/mol. The van der Waals surface area contributed by atoms with E-state index < -0.39 is 0 Å². The largest absolute Gasteiger partial charge is 0.507 e. The molecule has 0 saturated heterocycles. The number of aromatic hydroxyl groups is 1. The van der Waals surface area contributed by atoms with Gasteiger partial charge in [-0.15, -0.1) is 0 Å². The third kappa shape index (κ3) is 2.76. The highest BCUT2D eigenvalue weighted by Gasteiger charge is 2.13. The molecule has 3 nitrogen and oxygen atoms in total. The van der Waals surface area contributed by atoms with Gasteiger partial charge in [0, 0.05) is 15.5 Å². The summed E-state index contributed by atoms with van der Waals surface area (Å²) >= 11 is 3.30. The zero-order chi connectivity index (χ0) is 14.8. The van der Waals surface area contributed by atoms with Gasteiger partial charge >= 0.3 is 0 Å². The number of fused-ring (bicyclic) bond motifs is 1. The Morgan fingerprint density at radius 3 is 2.62 bits per heavy atom. The Morgan fingerprint density at radius 2 is 1.76 bits per heavy atom. The van der Waals surface area contributed by atoms with Gasteiger partial charge in [0.15, 0.2) is 0 Å². The van der Waals surface area contributed by atoms with E-state index in [0.717, 1.165) is 20.9 Å². The number of nitrogens with one attached hydrogen (secondary N) is 1. The minimum Gasteiger partial charge on any atom is -0.507 e. The summed E-state index contributed by atoms with van der Waals surface area (Å²) in [7, 11) is 0. The van der Waals surface area contributed by atoms with E-state index in [2.05, 4.69) is 21.2 Å². The zero-order valence-electron chi connectivity index (χ0n) is 11.0. The molecule has 104 valence electrons. The van der Waals surface area contributed by atoms with Crippen molar-refractivity contribution in [1.29, 1.82) is 0 Å². The lowest BCUT2D eigenvalue weighted by Gasteiger charge is -2.10. The molecule has 21 heavy (non-hydrogen) atoms. The summed E-state index contributed by atoms with van der Waals surface area (Å²) < 4.78 is 0.739. The number of halogens is 1. The highest BCUT2D eigenvalue weighted by molar-refractivity contribution is 9.10. The van der Waals surface area contributed by atoms with Crippen LogP contribution < -0.4 is 5.32 Å². The maximum Gasteiger partial charge on any atom is 0.259 e. The van der Waals surface area contributed by atoms with Gasteiger partial charge in [0.25, 0.3) is 5.91 Å². The molecule has 3 aromatic carbocycles. The van der Waals surface area contributed by atoms with Gasteiger partial charge in [-0.25, -0.2) is 0 Å². The van der Waals surface area contributed by atoms with Crippen LogP contribution in [-0.2, 0) is 0 Å². The van der Waals surface area contributed by atoms with Gasteiger partial charge in [0.2, 0.25) is 0 Å². The Labute approximate surface area is 130 Å². The van der Waals surface area contributed by atoms with E-state index in [1.807, 2.05) is 42.5 Å². The van der Waals surface area contributed by atoms with Crippen molar-refractivity contribution >= 4 is 38.3 Å². The van der Waals surface area contributed by atoms with Crippen LogP contribution in [0.5, 0.6) is 5.75 Å². The van der Waals surface area contributed by atoms with Gasteiger partial charge in [-0.3, -0.25) is 4.79 Å². The van der Waals surface area contributed by atoms with Crippen molar-refractivity contribution < 1.29 is 9.90 Å². The van der Waals surface area contributed by atoms with Crippen LogP contribution in [0.1, 0.15) is 10.4 Å². The Bertz CT molecular complexity index is 825. The molecule has 0 heterocycles. The van der Waals surface area contributed by atoms with E-state index in [1.54, 1.807) is 12.1 Å². The van der Waals surface area contributed by atoms with Crippen LogP contribution in [-0.4, -0.2) is 11.0 Å². The van der Waals surface area contributed by atoms with Crippen molar-refractivity contribution in [2.75, 3.05) is 5.32 Å². The van der Waals surface area contributed by atoms with Crippen molar-refractivity contribution in [2.24, 2.45) is 0 Å². The minimum atomic E-state index is -0.342. The molecule has 0 radical (unpaired) electrons. The molecular formula is C17H12BrNO2. The Hall–Kier alpha value is -2.33. The van der Waals surface area contributed by atoms with Crippen molar-refractivity contribution in [3.05, 3.63) is 70.7 Å². The number of carbonyl (C=O) groups is 1. The van der Waals surface area contributed by atoms with E-state index in [9.17, 15) is 9.90 Å². The molecule has 0 spiro atoms. The normalized spacial score (nSPS) is 10.5. The van der Waals surface area contributed by atoms with E-state index in [0.29, 0.717) is 0 Å². The number of hydrogen-bond donors (Lipinski definition) is 2. The number of anilines is 1. The third-order valence-corrected chi connectivity index (χ3v) is 3.73. The van der Waals surface area contributed by atoms with E-state index in [1.165, 1.54) is 6.07 Å². The molecule has 0 bridgehead atoms. The number of carbonyl (C=O) groups excluding carboxylic acids is 1. The Morgan fingerprint density at radius 1 is 1.00 bits per heavy atom. The van der Waals surface area contributed by atoms with Gasteiger partial charge in [-0.1, -0.05) is 52.3 Å². The first kappa shape index (κ1) is 13.6. The molecule has 0 aliphatic heterocycles. The lowest BCUT2D eigenvalue weighted by Crippen LogP contribution is -2.12. The summed E-state index contributed by atoms with van der Waals surface area (Å²) in [5.41, 5.74) is 0.954. The molecule has 0 unspecified atom stereocenters. The second-order valence-corrected chi connectivity index (χ2v) is 5.56. The molecule has 0 fully saturated rings. The zero-order valence-corrected chi connectivity index (χ0v) is 12.6. The van der Waals surface area contributed by atoms with Crippen molar-refractivity contribution in [3.8, 4) is 5.75 Å². The fourth-order valence-corrected chi connectivity index (χ4v) is 2.58. The summed E-state index contributed by atoms with van der Waals surface area (Å²) in [6.45, 7) is 0. The molecule has 0 atom stereocenters. The van der Waals surface area contributed by atoms with E-state index in [-0.39, 0.29) is 17.2 Å². The first-order valence-corrected chi connectivity index (χ1v) is 7.22. The highest BCUT2D eigenvalue weighted by atomic mass is 79.9. The summed E-state index contributed by atoms with van der Waals surface area (Å²) in [6.07, 6.45) is 0.